The number of methoxy groups -OCH3 is 2. The van der Waals surface area contributed by atoms with Gasteiger partial charge in [0.25, 0.3) is 0 Å². The van der Waals surface area contributed by atoms with E-state index < -0.39 is 6.16 Å². The smallest absolute Gasteiger partial charge is 0.497 e. The minimum absolute atomic E-state index is 0.184. The van der Waals surface area contributed by atoms with Gasteiger partial charge in [-0.15, -0.1) is 0 Å². The largest absolute Gasteiger partial charge is 0.508 e. The van der Waals surface area contributed by atoms with Gasteiger partial charge in [0.2, 0.25) is 0 Å². The summed E-state index contributed by atoms with van der Waals surface area (Å²) in [5.41, 5.74) is 0.979. The van der Waals surface area contributed by atoms with E-state index in [0.29, 0.717) is 0 Å². The second kappa shape index (κ2) is 6.50. The molecule has 16 heavy (non-hydrogen) atoms. The van der Waals surface area contributed by atoms with E-state index in [2.05, 4.69) is 4.74 Å². The topological polar surface area (TPSA) is 44.8 Å². The highest BCUT2D eigenvalue weighted by molar-refractivity contribution is 5.60. The van der Waals surface area contributed by atoms with Crippen LogP contribution in [0.25, 0.3) is 6.08 Å². The van der Waals surface area contributed by atoms with E-state index in [1.807, 2.05) is 30.3 Å². The molecule has 0 saturated carbocycles. The van der Waals surface area contributed by atoms with Crippen LogP contribution in [0.1, 0.15) is 5.56 Å². The lowest BCUT2D eigenvalue weighted by Gasteiger charge is -2.00. The minimum atomic E-state index is -0.685. The second-order valence-electron chi connectivity index (χ2n) is 2.94. The van der Waals surface area contributed by atoms with Crippen LogP contribution in [0.15, 0.2) is 30.3 Å². The molecule has 1 aromatic carbocycles. The number of benzene rings is 1. The molecular weight excluding hydrogens is 208 g/mol. The van der Waals surface area contributed by atoms with Gasteiger partial charge in [-0.1, -0.05) is 18.2 Å². The third-order valence-corrected chi connectivity index (χ3v) is 1.87. The molecule has 0 unspecified atom stereocenters. The van der Waals surface area contributed by atoms with Gasteiger partial charge in [0.15, 0.2) is 0 Å². The van der Waals surface area contributed by atoms with Crippen molar-refractivity contribution in [1.29, 1.82) is 0 Å². The molecule has 0 fully saturated rings. The van der Waals surface area contributed by atoms with Crippen molar-refractivity contribution >= 4 is 12.2 Å². The molecule has 0 aliphatic carbocycles. The molecule has 1 aromatic rings. The fourth-order valence-corrected chi connectivity index (χ4v) is 1.10. The SMILES string of the molecule is COC(=O)OC/C=C/c1cccc(OC)c1. The fourth-order valence-electron chi connectivity index (χ4n) is 1.10. The Kier molecular flexibility index (Phi) is 4.92. The molecule has 0 spiro atoms. The Hall–Kier alpha value is -1.97. The van der Waals surface area contributed by atoms with Gasteiger partial charge in [-0.2, -0.15) is 0 Å². The standard InChI is InChI=1S/C12H14O4/c1-14-11-7-3-5-10(9-11)6-4-8-16-12(13)15-2/h3-7,9H,8H2,1-2H3/b6-4+. The molecule has 0 aliphatic rings. The maximum Gasteiger partial charge on any atom is 0.508 e. The first-order valence-electron chi connectivity index (χ1n) is 4.77. The molecule has 0 atom stereocenters. The van der Waals surface area contributed by atoms with Crippen molar-refractivity contribution in [1.82, 2.24) is 0 Å². The van der Waals surface area contributed by atoms with Crippen molar-refractivity contribution in [3.63, 3.8) is 0 Å². The number of carbonyl (C=O) groups excluding carboxylic acids is 1. The Labute approximate surface area is 94.4 Å². The van der Waals surface area contributed by atoms with Gasteiger partial charge in [0.1, 0.15) is 12.4 Å². The van der Waals surface area contributed by atoms with Crippen molar-refractivity contribution in [2.75, 3.05) is 20.8 Å². The van der Waals surface area contributed by atoms with Crippen molar-refractivity contribution < 1.29 is 19.0 Å². The summed E-state index contributed by atoms with van der Waals surface area (Å²) >= 11 is 0. The average molecular weight is 222 g/mol. The zero-order valence-corrected chi connectivity index (χ0v) is 9.30. The van der Waals surface area contributed by atoms with Crippen LogP contribution >= 0.6 is 0 Å². The van der Waals surface area contributed by atoms with Crippen LogP contribution in [0.4, 0.5) is 4.79 Å². The molecule has 0 bridgehead atoms. The van der Waals surface area contributed by atoms with Gasteiger partial charge in [-0.3, -0.25) is 0 Å². The van der Waals surface area contributed by atoms with Gasteiger partial charge in [-0.25, -0.2) is 4.79 Å². The molecule has 4 heteroatoms. The molecule has 0 radical (unpaired) electrons. The van der Waals surface area contributed by atoms with E-state index in [4.69, 9.17) is 9.47 Å². The summed E-state index contributed by atoms with van der Waals surface area (Å²) in [7, 11) is 2.89. The number of rotatable bonds is 4. The average Bonchev–Trinajstić information content (AvgIpc) is 2.34. The Morgan fingerprint density at radius 3 is 2.88 bits per heavy atom. The summed E-state index contributed by atoms with van der Waals surface area (Å²) in [6.07, 6.45) is 2.88. The van der Waals surface area contributed by atoms with Crippen LogP contribution in [-0.2, 0) is 9.47 Å². The second-order valence-corrected chi connectivity index (χ2v) is 2.94. The number of carbonyl (C=O) groups is 1. The maximum atomic E-state index is 10.6. The molecule has 0 aliphatic heterocycles. The van der Waals surface area contributed by atoms with Crippen LogP contribution in [0.5, 0.6) is 5.75 Å². The van der Waals surface area contributed by atoms with Crippen LogP contribution < -0.4 is 4.74 Å². The molecule has 0 N–H and O–H groups in total. The number of hydrogen-bond acceptors (Lipinski definition) is 4. The lowest BCUT2D eigenvalue weighted by Crippen LogP contribution is -2.03. The first kappa shape index (κ1) is 12.1. The summed E-state index contributed by atoms with van der Waals surface area (Å²) < 4.78 is 14.1. The van der Waals surface area contributed by atoms with Crippen molar-refractivity contribution in [2.24, 2.45) is 0 Å². The summed E-state index contributed by atoms with van der Waals surface area (Å²) in [5, 5.41) is 0. The summed E-state index contributed by atoms with van der Waals surface area (Å²) in [6, 6.07) is 7.56. The highest BCUT2D eigenvalue weighted by atomic mass is 16.7. The van der Waals surface area contributed by atoms with Crippen LogP contribution in [0.3, 0.4) is 0 Å². The molecule has 1 rings (SSSR count). The molecular formula is C12H14O4. The Morgan fingerprint density at radius 2 is 2.19 bits per heavy atom. The van der Waals surface area contributed by atoms with E-state index in [0.717, 1.165) is 11.3 Å². The van der Waals surface area contributed by atoms with E-state index in [9.17, 15) is 4.79 Å². The van der Waals surface area contributed by atoms with Gasteiger partial charge >= 0.3 is 6.16 Å². The van der Waals surface area contributed by atoms with Crippen LogP contribution in [-0.4, -0.2) is 27.0 Å². The molecule has 4 nitrogen and oxygen atoms in total. The van der Waals surface area contributed by atoms with Crippen LogP contribution in [0, 0.1) is 0 Å². The number of ether oxygens (including phenoxy) is 3. The van der Waals surface area contributed by atoms with Crippen molar-refractivity contribution in [3.05, 3.63) is 35.9 Å². The summed E-state index contributed by atoms with van der Waals surface area (Å²) in [6.45, 7) is 0.184. The monoisotopic (exact) mass is 222 g/mol. The normalized spacial score (nSPS) is 10.1. The first-order valence-corrected chi connectivity index (χ1v) is 4.77. The molecule has 0 saturated heterocycles. The number of hydrogen-bond donors (Lipinski definition) is 0. The third kappa shape index (κ3) is 4.04. The lowest BCUT2D eigenvalue weighted by molar-refractivity contribution is 0.0819. The molecule has 0 amide bonds. The van der Waals surface area contributed by atoms with E-state index in [1.54, 1.807) is 13.2 Å². The molecule has 0 heterocycles. The zero-order chi connectivity index (χ0) is 11.8. The van der Waals surface area contributed by atoms with Crippen molar-refractivity contribution in [2.45, 2.75) is 0 Å². The Bertz CT molecular complexity index is 371. The van der Waals surface area contributed by atoms with Gasteiger partial charge in [0.05, 0.1) is 14.2 Å². The highest BCUT2D eigenvalue weighted by Crippen LogP contribution is 2.13. The zero-order valence-electron chi connectivity index (χ0n) is 9.30. The van der Waals surface area contributed by atoms with E-state index in [1.165, 1.54) is 7.11 Å². The first-order chi connectivity index (χ1) is 7.76. The molecule has 0 aromatic heterocycles. The predicted molar refractivity (Wildman–Crippen MR) is 60.4 cm³/mol. The van der Waals surface area contributed by atoms with E-state index in [-0.39, 0.29) is 6.61 Å². The van der Waals surface area contributed by atoms with E-state index >= 15 is 0 Å². The fraction of sp³-hybridized carbons (Fsp3) is 0.250. The molecule has 86 valence electrons. The highest BCUT2D eigenvalue weighted by Gasteiger charge is 1.96. The van der Waals surface area contributed by atoms with Crippen molar-refractivity contribution in [3.8, 4) is 5.75 Å². The Morgan fingerprint density at radius 1 is 1.38 bits per heavy atom. The van der Waals surface area contributed by atoms with Gasteiger partial charge < -0.3 is 14.2 Å². The van der Waals surface area contributed by atoms with Gasteiger partial charge in [0, 0.05) is 0 Å². The lowest BCUT2D eigenvalue weighted by atomic mass is 10.2. The predicted octanol–water partition coefficient (Wildman–Crippen LogP) is 2.49. The third-order valence-electron chi connectivity index (χ3n) is 1.87. The maximum absolute atomic E-state index is 10.6. The van der Waals surface area contributed by atoms with Gasteiger partial charge in [-0.05, 0) is 23.8 Å². The minimum Gasteiger partial charge on any atom is -0.497 e. The summed E-state index contributed by atoms with van der Waals surface area (Å²) in [4.78, 5) is 10.6. The summed E-state index contributed by atoms with van der Waals surface area (Å²) in [5.74, 6) is 0.788. The Balaban J connectivity index is 2.46. The van der Waals surface area contributed by atoms with Crippen LogP contribution in [0.2, 0.25) is 0 Å². The quantitative estimate of drug-likeness (QED) is 0.734.